The minimum atomic E-state index is 0. The molecular weight excluding hydrogens is 1020 g/mol. The van der Waals surface area contributed by atoms with Gasteiger partial charge in [-0.25, -0.2) is 0 Å². The molecule has 2 aromatic heterocycles. The summed E-state index contributed by atoms with van der Waals surface area (Å²) in [6.45, 7) is 5.49. The van der Waals surface area contributed by atoms with Crippen molar-refractivity contribution in [1.82, 2.24) is 9.97 Å². The van der Waals surface area contributed by atoms with Crippen LogP contribution in [0.2, 0.25) is 0 Å². The Morgan fingerprint density at radius 3 is 0.646 bits per heavy atom. The lowest BCUT2D eigenvalue weighted by Gasteiger charge is -2.10. The zero-order valence-electron chi connectivity index (χ0n) is 39.6. The molecule has 0 spiro atoms. The molecule has 448 valence electrons. The summed E-state index contributed by atoms with van der Waals surface area (Å²) in [5.74, 6) is 6.31. The van der Waals surface area contributed by atoms with Gasteiger partial charge in [-0.15, -0.1) is 0 Å². The van der Waals surface area contributed by atoms with Crippen molar-refractivity contribution in [3.63, 3.8) is 0 Å². The molecule has 10 nitrogen and oxygen atoms in total. The van der Waals surface area contributed by atoms with E-state index in [-0.39, 0.29) is 103 Å². The Hall–Kier alpha value is -8.76. The number of hydrogen-bond donors (Lipinski definition) is 0. The van der Waals surface area contributed by atoms with Crippen LogP contribution in [0.4, 0.5) is 0 Å². The Morgan fingerprint density at radius 2 is 0.427 bits per heavy atom. The average molecular weight is 1120 g/mol. The molecule has 0 N–H and O–H groups in total. The molecule has 9 rings (SSSR count). The zero-order valence-corrected chi connectivity index (χ0v) is 39.6. The zero-order chi connectivity index (χ0) is 48.3. The van der Waals surface area contributed by atoms with Crippen molar-refractivity contribution in [2.75, 3.05) is 41.0 Å². The number of rotatable bonds is 19. The summed E-state index contributed by atoms with van der Waals surface area (Å²) < 4.78 is 44.3. The molecule has 0 amide bonds. The Bertz CT molecular complexity index is 2950. The monoisotopic (exact) mass is 1120 g/mol. The van der Waals surface area contributed by atoms with Crippen molar-refractivity contribution in [2.24, 2.45) is 0 Å². The van der Waals surface area contributed by atoms with Gasteiger partial charge in [0.25, 0.3) is 0 Å². The van der Waals surface area contributed by atoms with E-state index in [4.69, 9.17) is 37.9 Å². The number of pyridine rings is 2. The van der Waals surface area contributed by atoms with Gasteiger partial charge in [-0.3, -0.25) is 9.97 Å². The van der Waals surface area contributed by atoms with Gasteiger partial charge >= 0.3 is 0 Å². The first kappa shape index (κ1) is 82.1. The Morgan fingerprint density at radius 1 is 0.232 bits per heavy atom. The van der Waals surface area contributed by atoms with E-state index in [1.54, 1.807) is 14.2 Å². The highest BCUT2D eigenvalue weighted by atomic mass is 16.7. The molecule has 0 aliphatic carbocycles. The fourth-order valence-corrected chi connectivity index (χ4v) is 7.27. The topological polar surface area (TPSA) is 99.6 Å². The van der Waals surface area contributed by atoms with E-state index in [2.05, 4.69) is 34.2 Å². The van der Waals surface area contributed by atoms with E-state index >= 15 is 0 Å². The third kappa shape index (κ3) is 23.1. The van der Waals surface area contributed by atoms with Crippen molar-refractivity contribution in [3.8, 4) is 102 Å². The molecule has 0 radical (unpaired) electrons. The predicted molar refractivity (Wildman–Crippen MR) is 357 cm³/mol. The molecule has 9 aromatic rings. The first-order valence-electron chi connectivity index (χ1n) is 23.0. The van der Waals surface area contributed by atoms with Gasteiger partial charge in [-0.05, 0) is 170 Å². The first-order valence-corrected chi connectivity index (χ1v) is 23.0. The summed E-state index contributed by atoms with van der Waals surface area (Å²) in [5, 5.41) is 0. The van der Waals surface area contributed by atoms with Crippen molar-refractivity contribution in [3.05, 3.63) is 207 Å². The molecule has 10 heteroatoms. The summed E-state index contributed by atoms with van der Waals surface area (Å²) in [4.78, 5) is 9.25. The van der Waals surface area contributed by atoms with Gasteiger partial charge in [0.15, 0.2) is 0 Å². The van der Waals surface area contributed by atoms with Gasteiger partial charge in [0.05, 0.1) is 38.8 Å². The highest BCUT2D eigenvalue weighted by Crippen LogP contribution is 2.29. The van der Waals surface area contributed by atoms with Crippen LogP contribution in [0.1, 0.15) is 103 Å². The fourth-order valence-electron chi connectivity index (χ4n) is 7.27. The molecule has 0 saturated carbocycles. The highest BCUT2D eigenvalue weighted by Gasteiger charge is 2.07. The van der Waals surface area contributed by atoms with Crippen LogP contribution in [-0.2, 0) is 0 Å². The molecule has 2 heterocycles. The van der Waals surface area contributed by atoms with Crippen LogP contribution in [0.5, 0.6) is 46.0 Å². The lowest BCUT2D eigenvalue weighted by atomic mass is 10.1. The van der Waals surface area contributed by atoms with E-state index in [9.17, 15) is 0 Å². The molecule has 0 bridgehead atoms. The Kier molecular flexibility index (Phi) is 42.2. The van der Waals surface area contributed by atoms with Gasteiger partial charge in [-0.1, -0.05) is 150 Å². The quantitative estimate of drug-likeness (QED) is 0.0728. The lowest BCUT2D eigenvalue weighted by Crippen LogP contribution is -2.05. The first-order chi connectivity index (χ1) is 34.5. The maximum atomic E-state index is 5.78. The summed E-state index contributed by atoms with van der Waals surface area (Å²) >= 11 is 0. The number of nitrogens with zero attached hydrogens (tertiary/aromatic N) is 2. The van der Waals surface area contributed by atoms with Gasteiger partial charge in [0, 0.05) is 34.6 Å². The molecule has 0 fully saturated rings. The van der Waals surface area contributed by atoms with Crippen molar-refractivity contribution < 1.29 is 37.9 Å². The molecule has 0 atom stereocenters. The van der Waals surface area contributed by atoms with Gasteiger partial charge in [-0.2, -0.15) is 0 Å². The van der Waals surface area contributed by atoms with Crippen LogP contribution in [-0.4, -0.2) is 51.0 Å². The standard InChI is InChI=1S/C33H29NO4.C27H25NO4.12CH4/c1-3-36-30-15-6-24(7-16-30)25-8-17-31(18-9-25)37-23-38-32-19-10-27(11-20-32)33-21-12-28(22-34-33)26-4-13-29(35-2)14-5-26;1-3-30-24-13-15-26(16-14-24)32-19-31-25-11-6-21(7-12-25)27-17-8-22(18-28-27)20-4-9-23(29-2)10-5-20;;;;;;;;;;;;/h4-22H,3,23H2,1-2H3;4-18H,3,19H2,1-2H3;12*1H4. The van der Waals surface area contributed by atoms with E-state index in [0.29, 0.717) is 13.2 Å². The van der Waals surface area contributed by atoms with Crippen molar-refractivity contribution in [2.45, 2.75) is 103 Å². The number of aromatic nitrogens is 2. The minimum absolute atomic E-state index is 0. The molecular formula is C72H102N2O8. The Labute approximate surface area is 498 Å². The van der Waals surface area contributed by atoms with Crippen LogP contribution in [0.25, 0.3) is 55.9 Å². The average Bonchev–Trinajstić information content (AvgIpc) is 3.43. The molecule has 0 aliphatic rings. The largest absolute Gasteiger partial charge is 0.497 e. The molecule has 0 unspecified atom stereocenters. The van der Waals surface area contributed by atoms with Crippen LogP contribution in [0.15, 0.2) is 207 Å². The van der Waals surface area contributed by atoms with Crippen molar-refractivity contribution >= 4 is 0 Å². The Balaban J connectivity index is -0.000000425. The fraction of sp³-hybridized carbons (Fsp3) is 0.278. The maximum Gasteiger partial charge on any atom is 0.230 e. The molecule has 0 aliphatic heterocycles. The van der Waals surface area contributed by atoms with Gasteiger partial charge < -0.3 is 37.9 Å². The lowest BCUT2D eigenvalue weighted by molar-refractivity contribution is 0.119. The third-order valence-corrected chi connectivity index (χ3v) is 11.1. The van der Waals surface area contributed by atoms with Crippen LogP contribution in [0.3, 0.4) is 0 Å². The summed E-state index contributed by atoms with van der Waals surface area (Å²) in [7, 11) is 3.33. The molecule has 82 heavy (non-hydrogen) atoms. The van der Waals surface area contributed by atoms with E-state index in [1.165, 1.54) is 0 Å². The third-order valence-electron chi connectivity index (χ3n) is 11.1. The van der Waals surface area contributed by atoms with E-state index in [0.717, 1.165) is 102 Å². The normalized spacial score (nSPS) is 8.98. The SMILES string of the molecule is C.C.C.C.C.C.C.C.C.C.C.C.CCOc1ccc(-c2ccc(OCOc3ccc(-c4ccc(-c5ccc(OC)cc5)cn4)cc3)cc2)cc1.CCOc1ccc(OCOc2ccc(-c3ccc(-c4ccc(OC)cc4)cn3)cc2)cc1. The second-order valence-corrected chi connectivity index (χ2v) is 15.6. The number of hydrogen-bond acceptors (Lipinski definition) is 10. The van der Waals surface area contributed by atoms with Crippen molar-refractivity contribution in [1.29, 1.82) is 0 Å². The maximum absolute atomic E-state index is 5.78. The smallest absolute Gasteiger partial charge is 0.230 e. The second kappa shape index (κ2) is 42.2. The van der Waals surface area contributed by atoms with Crippen LogP contribution < -0.4 is 37.9 Å². The van der Waals surface area contributed by atoms with E-state index < -0.39 is 0 Å². The van der Waals surface area contributed by atoms with Crippen LogP contribution >= 0.6 is 0 Å². The highest BCUT2D eigenvalue weighted by molar-refractivity contribution is 5.69. The van der Waals surface area contributed by atoms with Crippen LogP contribution in [0, 0.1) is 0 Å². The summed E-state index contributed by atoms with van der Waals surface area (Å²) in [6.07, 6.45) is 3.77. The second-order valence-electron chi connectivity index (χ2n) is 15.6. The minimum Gasteiger partial charge on any atom is -0.497 e. The van der Waals surface area contributed by atoms with Gasteiger partial charge in [0.2, 0.25) is 13.6 Å². The number of methoxy groups -OCH3 is 2. The summed E-state index contributed by atoms with van der Waals surface area (Å²) in [6, 6.07) is 63.2. The predicted octanol–water partition coefficient (Wildman–Crippen LogP) is 21.8. The number of benzene rings is 7. The van der Waals surface area contributed by atoms with Gasteiger partial charge in [0.1, 0.15) is 46.0 Å². The molecule has 0 saturated heterocycles. The molecule has 7 aromatic carbocycles. The number of ether oxygens (including phenoxy) is 8. The summed E-state index contributed by atoms with van der Waals surface area (Å²) in [5.41, 5.74) is 10.4. The van der Waals surface area contributed by atoms with E-state index in [1.807, 2.05) is 196 Å².